The molecular weight excluding hydrogens is 481 g/mol. The number of benzene rings is 1. The van der Waals surface area contributed by atoms with Crippen LogP contribution in [-0.4, -0.2) is 90.6 Å². The van der Waals surface area contributed by atoms with Crippen molar-refractivity contribution in [1.82, 2.24) is 16.0 Å². The van der Waals surface area contributed by atoms with Crippen LogP contribution >= 0.6 is 0 Å². The Hall–Kier alpha value is -1.82. The van der Waals surface area contributed by atoms with Gasteiger partial charge in [0.05, 0.1) is 25.2 Å². The molecule has 1 amide bonds. The first-order valence-corrected chi connectivity index (χ1v) is 13.6. The summed E-state index contributed by atoms with van der Waals surface area (Å²) >= 11 is 0. The van der Waals surface area contributed by atoms with Crippen molar-refractivity contribution in [2.24, 2.45) is 5.92 Å². The summed E-state index contributed by atoms with van der Waals surface area (Å²) in [6, 6.07) is 4.67. The molecule has 0 aliphatic carbocycles. The third kappa shape index (κ3) is 13.0. The molecule has 9 nitrogen and oxygen atoms in total. The highest BCUT2D eigenvalue weighted by Crippen LogP contribution is 2.20. The summed E-state index contributed by atoms with van der Waals surface area (Å²) in [6.07, 6.45) is 3.31. The van der Waals surface area contributed by atoms with E-state index in [0.717, 1.165) is 51.1 Å². The van der Waals surface area contributed by atoms with E-state index >= 15 is 0 Å². The minimum atomic E-state index is -1.31. The van der Waals surface area contributed by atoms with Gasteiger partial charge in [-0.05, 0) is 82.1 Å². The summed E-state index contributed by atoms with van der Waals surface area (Å²) in [7, 11) is 0. The largest absolute Gasteiger partial charge is 0.493 e. The van der Waals surface area contributed by atoms with E-state index in [1.165, 1.54) is 18.9 Å². The number of hydrogen-bond acceptors (Lipinski definition) is 8. The predicted octanol–water partition coefficient (Wildman–Crippen LogP) is 0.868. The van der Waals surface area contributed by atoms with Crippen LogP contribution in [0.1, 0.15) is 56.9 Å². The SMILES string of the molecule is O=C(Cc1ccc(OCCCC2CCNCC2)cc1F)NCCCCCNC[C@H](O)[C@@H](O)[C@H](O)CCO. The van der Waals surface area contributed by atoms with Crippen molar-refractivity contribution >= 4 is 5.91 Å². The van der Waals surface area contributed by atoms with Crippen LogP contribution in [0.25, 0.3) is 0 Å². The quantitative estimate of drug-likeness (QED) is 0.131. The second-order valence-electron chi connectivity index (χ2n) is 9.87. The maximum Gasteiger partial charge on any atom is 0.224 e. The van der Waals surface area contributed by atoms with Crippen LogP contribution in [0, 0.1) is 11.7 Å². The minimum absolute atomic E-state index is 0.00907. The predicted molar refractivity (Wildman–Crippen MR) is 140 cm³/mol. The van der Waals surface area contributed by atoms with E-state index in [1.807, 2.05) is 0 Å². The monoisotopic (exact) mass is 527 g/mol. The summed E-state index contributed by atoms with van der Waals surface area (Å²) in [5, 5.41) is 47.1. The number of nitrogens with one attached hydrogen (secondary N) is 3. The zero-order valence-electron chi connectivity index (χ0n) is 21.8. The summed E-state index contributed by atoms with van der Waals surface area (Å²) in [6.45, 7) is 3.72. The first kappa shape index (κ1) is 31.4. The number of hydrogen-bond donors (Lipinski definition) is 7. The van der Waals surface area contributed by atoms with Crippen LogP contribution in [0.3, 0.4) is 0 Å². The van der Waals surface area contributed by atoms with Crippen LogP contribution in [0.5, 0.6) is 5.75 Å². The molecule has 1 aliphatic rings. The van der Waals surface area contributed by atoms with Gasteiger partial charge in [-0.1, -0.05) is 12.5 Å². The lowest BCUT2D eigenvalue weighted by Gasteiger charge is -2.22. The Balaban J connectivity index is 1.51. The van der Waals surface area contributed by atoms with Crippen LogP contribution in [0.15, 0.2) is 18.2 Å². The number of amides is 1. The van der Waals surface area contributed by atoms with Gasteiger partial charge in [-0.3, -0.25) is 4.79 Å². The van der Waals surface area contributed by atoms with Gasteiger partial charge in [-0.25, -0.2) is 4.39 Å². The Kier molecular flexibility index (Phi) is 15.6. The molecular formula is C27H46FN3O6. The molecule has 1 aromatic rings. The van der Waals surface area contributed by atoms with Gasteiger partial charge in [0.2, 0.25) is 5.91 Å². The molecule has 37 heavy (non-hydrogen) atoms. The lowest BCUT2D eigenvalue weighted by Crippen LogP contribution is -2.43. The summed E-state index contributed by atoms with van der Waals surface area (Å²) in [5.74, 6) is 0.570. The zero-order valence-corrected chi connectivity index (χ0v) is 21.8. The highest BCUT2D eigenvalue weighted by Gasteiger charge is 2.23. The van der Waals surface area contributed by atoms with E-state index < -0.39 is 24.1 Å². The van der Waals surface area contributed by atoms with Crippen LogP contribution in [0.2, 0.25) is 0 Å². The molecule has 2 rings (SSSR count). The van der Waals surface area contributed by atoms with E-state index in [2.05, 4.69) is 16.0 Å². The summed E-state index contributed by atoms with van der Waals surface area (Å²) < 4.78 is 20.1. The van der Waals surface area contributed by atoms with Gasteiger partial charge >= 0.3 is 0 Å². The topological polar surface area (TPSA) is 143 Å². The average molecular weight is 528 g/mol. The molecule has 1 heterocycles. The molecule has 1 saturated heterocycles. The summed E-state index contributed by atoms with van der Waals surface area (Å²) in [4.78, 5) is 12.2. The number of aliphatic hydroxyl groups is 4. The van der Waals surface area contributed by atoms with E-state index in [4.69, 9.17) is 9.84 Å². The normalized spacial score (nSPS) is 16.8. The molecule has 3 atom stereocenters. The molecule has 7 N–H and O–H groups in total. The smallest absolute Gasteiger partial charge is 0.224 e. The molecule has 1 aliphatic heterocycles. The van der Waals surface area contributed by atoms with Gasteiger partial charge in [0, 0.05) is 25.8 Å². The molecule has 212 valence electrons. The second-order valence-corrected chi connectivity index (χ2v) is 9.87. The Morgan fingerprint density at radius 3 is 2.57 bits per heavy atom. The fourth-order valence-corrected chi connectivity index (χ4v) is 4.44. The number of carbonyl (C=O) groups is 1. The van der Waals surface area contributed by atoms with Crippen molar-refractivity contribution in [2.75, 3.05) is 45.9 Å². The molecule has 1 fully saturated rings. The van der Waals surface area contributed by atoms with E-state index in [9.17, 15) is 24.5 Å². The second kappa shape index (κ2) is 18.4. The van der Waals surface area contributed by atoms with Crippen molar-refractivity contribution < 1.29 is 34.3 Å². The van der Waals surface area contributed by atoms with Crippen molar-refractivity contribution in [2.45, 2.75) is 76.1 Å². The Morgan fingerprint density at radius 1 is 1.08 bits per heavy atom. The minimum Gasteiger partial charge on any atom is -0.493 e. The zero-order chi connectivity index (χ0) is 26.9. The fraction of sp³-hybridized carbons (Fsp3) is 0.741. The van der Waals surface area contributed by atoms with E-state index in [-0.39, 0.29) is 31.9 Å². The number of unbranched alkanes of at least 4 members (excludes halogenated alkanes) is 2. The number of carbonyl (C=O) groups excluding carboxylic acids is 1. The molecule has 0 saturated carbocycles. The Bertz CT molecular complexity index is 766. The highest BCUT2D eigenvalue weighted by atomic mass is 19.1. The van der Waals surface area contributed by atoms with Gasteiger partial charge < -0.3 is 41.1 Å². The van der Waals surface area contributed by atoms with Gasteiger partial charge in [0.15, 0.2) is 0 Å². The van der Waals surface area contributed by atoms with Crippen molar-refractivity contribution in [3.05, 3.63) is 29.6 Å². The number of rotatable bonds is 19. The van der Waals surface area contributed by atoms with Crippen LogP contribution in [-0.2, 0) is 11.2 Å². The maximum atomic E-state index is 14.4. The van der Waals surface area contributed by atoms with Gasteiger partial charge in [0.1, 0.15) is 17.7 Å². The lowest BCUT2D eigenvalue weighted by atomic mass is 9.93. The standard InChI is InChI=1S/C27H46FN3O6/c28-23-18-22(37-16-4-5-20-8-13-29-14-9-20)7-6-21(23)17-26(35)31-12-3-1-2-11-30-19-25(34)27(36)24(33)10-15-32/h6-7,18,20,24-25,27,29-30,32-34,36H,1-5,8-17,19H2,(H,31,35)/t24-,25+,27+/m1/s1. The van der Waals surface area contributed by atoms with Gasteiger partial charge in [0.25, 0.3) is 0 Å². The highest BCUT2D eigenvalue weighted by molar-refractivity contribution is 5.78. The number of halogens is 1. The molecule has 0 unspecified atom stereocenters. The molecule has 10 heteroatoms. The fourth-order valence-electron chi connectivity index (χ4n) is 4.44. The first-order valence-electron chi connectivity index (χ1n) is 13.6. The average Bonchev–Trinajstić information content (AvgIpc) is 2.89. The van der Waals surface area contributed by atoms with Gasteiger partial charge in [-0.15, -0.1) is 0 Å². The van der Waals surface area contributed by atoms with E-state index in [1.54, 1.807) is 12.1 Å². The van der Waals surface area contributed by atoms with Crippen molar-refractivity contribution in [3.8, 4) is 5.75 Å². The maximum absolute atomic E-state index is 14.4. The van der Waals surface area contributed by atoms with Crippen LogP contribution in [0.4, 0.5) is 4.39 Å². The van der Waals surface area contributed by atoms with Gasteiger partial charge in [-0.2, -0.15) is 0 Å². The molecule has 0 radical (unpaired) electrons. The molecule has 1 aromatic carbocycles. The third-order valence-corrected chi connectivity index (χ3v) is 6.78. The number of piperidine rings is 1. The molecule has 0 spiro atoms. The van der Waals surface area contributed by atoms with Crippen LogP contribution < -0.4 is 20.7 Å². The summed E-state index contributed by atoms with van der Waals surface area (Å²) in [5.41, 5.74) is 0.341. The first-order chi connectivity index (χ1) is 17.9. The lowest BCUT2D eigenvalue weighted by molar-refractivity contribution is -0.120. The Labute approximate surface area is 219 Å². The number of ether oxygens (including phenoxy) is 1. The number of aliphatic hydroxyl groups excluding tert-OH is 4. The van der Waals surface area contributed by atoms with Crippen molar-refractivity contribution in [1.29, 1.82) is 0 Å². The van der Waals surface area contributed by atoms with Crippen molar-refractivity contribution in [3.63, 3.8) is 0 Å². The third-order valence-electron chi connectivity index (χ3n) is 6.78. The Morgan fingerprint density at radius 2 is 1.84 bits per heavy atom. The molecule has 0 aromatic heterocycles. The molecule has 0 bridgehead atoms. The van der Waals surface area contributed by atoms with E-state index in [0.29, 0.717) is 31.0 Å².